The van der Waals surface area contributed by atoms with Crippen LogP contribution >= 0.6 is 0 Å². The van der Waals surface area contributed by atoms with Crippen molar-refractivity contribution in [2.24, 2.45) is 5.92 Å². The number of piperidine rings is 1. The molecule has 3 heterocycles. The Balaban J connectivity index is 1.52. The third kappa shape index (κ3) is 4.31. The van der Waals surface area contributed by atoms with Gasteiger partial charge in [-0.05, 0) is 33.0 Å². The van der Waals surface area contributed by atoms with Gasteiger partial charge in [0, 0.05) is 26.1 Å². The van der Waals surface area contributed by atoms with Gasteiger partial charge in [-0.1, -0.05) is 5.16 Å². The number of ether oxygens (including phenoxy) is 2. The molecule has 1 aromatic rings. The van der Waals surface area contributed by atoms with E-state index in [1.54, 1.807) is 7.11 Å². The van der Waals surface area contributed by atoms with Crippen LogP contribution in [0, 0.1) is 5.92 Å². The Morgan fingerprint density at radius 1 is 1.33 bits per heavy atom. The monoisotopic (exact) mass is 338 g/mol. The maximum atomic E-state index is 12.7. The predicted octanol–water partition coefficient (Wildman–Crippen LogP) is 0.328. The number of methoxy groups -OCH3 is 1. The van der Waals surface area contributed by atoms with Crippen molar-refractivity contribution >= 4 is 5.91 Å². The van der Waals surface area contributed by atoms with Gasteiger partial charge in [-0.3, -0.25) is 4.79 Å². The second-order valence-electron chi connectivity index (χ2n) is 6.60. The molecule has 2 aliphatic rings. The summed E-state index contributed by atoms with van der Waals surface area (Å²) in [6.07, 6.45) is 2.32. The first kappa shape index (κ1) is 17.3. The zero-order valence-corrected chi connectivity index (χ0v) is 14.4. The molecule has 2 fully saturated rings. The fourth-order valence-electron chi connectivity index (χ4n) is 3.31. The molecule has 0 unspecified atom stereocenters. The number of nitrogens with zero attached hydrogens (tertiary/aromatic N) is 4. The Morgan fingerprint density at radius 2 is 2.12 bits per heavy atom. The molecule has 1 aromatic heterocycles. The number of aromatic nitrogens is 2. The summed E-state index contributed by atoms with van der Waals surface area (Å²) < 4.78 is 16.0. The molecular formula is C16H26N4O4. The van der Waals surface area contributed by atoms with E-state index in [1.807, 2.05) is 4.90 Å². The first-order valence-corrected chi connectivity index (χ1v) is 8.55. The van der Waals surface area contributed by atoms with Crippen molar-refractivity contribution in [1.82, 2.24) is 19.9 Å². The molecule has 134 valence electrons. The first-order chi connectivity index (χ1) is 11.7. The van der Waals surface area contributed by atoms with Gasteiger partial charge in [-0.25, -0.2) is 0 Å². The van der Waals surface area contributed by atoms with E-state index in [0.717, 1.165) is 25.9 Å². The van der Waals surface area contributed by atoms with Crippen LogP contribution in [0.5, 0.6) is 0 Å². The summed E-state index contributed by atoms with van der Waals surface area (Å²) in [5, 5.41) is 3.85. The zero-order chi connectivity index (χ0) is 16.9. The predicted molar refractivity (Wildman–Crippen MR) is 85.3 cm³/mol. The van der Waals surface area contributed by atoms with Crippen LogP contribution in [0.25, 0.3) is 0 Å². The van der Waals surface area contributed by atoms with Crippen molar-refractivity contribution in [3.05, 3.63) is 11.7 Å². The molecule has 0 spiro atoms. The minimum Gasteiger partial charge on any atom is -0.377 e. The number of carbonyl (C=O) groups is 1. The Bertz CT molecular complexity index is 542. The van der Waals surface area contributed by atoms with E-state index in [2.05, 4.69) is 22.1 Å². The van der Waals surface area contributed by atoms with E-state index in [1.165, 1.54) is 0 Å². The SMILES string of the molecule is COCc1noc(C[C@@H]2CN(C(=O)C3CCN(C)CC3)CCO2)n1. The highest BCUT2D eigenvalue weighted by molar-refractivity contribution is 5.79. The molecular weight excluding hydrogens is 312 g/mol. The Morgan fingerprint density at radius 3 is 2.88 bits per heavy atom. The highest BCUT2D eigenvalue weighted by Gasteiger charge is 2.31. The lowest BCUT2D eigenvalue weighted by molar-refractivity contribution is -0.144. The molecule has 8 nitrogen and oxygen atoms in total. The lowest BCUT2D eigenvalue weighted by Crippen LogP contribution is -2.49. The zero-order valence-electron chi connectivity index (χ0n) is 14.4. The normalized spacial score (nSPS) is 23.6. The third-order valence-corrected chi connectivity index (χ3v) is 4.70. The number of carbonyl (C=O) groups excluding carboxylic acids is 1. The Kier molecular flexibility index (Phi) is 5.80. The maximum Gasteiger partial charge on any atom is 0.229 e. The van der Waals surface area contributed by atoms with Crippen LogP contribution in [0.2, 0.25) is 0 Å². The van der Waals surface area contributed by atoms with E-state index in [-0.39, 0.29) is 17.9 Å². The van der Waals surface area contributed by atoms with Crippen molar-refractivity contribution in [3.63, 3.8) is 0 Å². The maximum absolute atomic E-state index is 12.7. The molecule has 0 radical (unpaired) electrons. The van der Waals surface area contributed by atoms with Crippen molar-refractivity contribution in [1.29, 1.82) is 0 Å². The molecule has 2 aliphatic heterocycles. The lowest BCUT2D eigenvalue weighted by Gasteiger charge is -2.36. The average molecular weight is 338 g/mol. The van der Waals surface area contributed by atoms with Crippen LogP contribution in [0.4, 0.5) is 0 Å². The summed E-state index contributed by atoms with van der Waals surface area (Å²) in [4.78, 5) is 21.2. The minimum absolute atomic E-state index is 0.0928. The van der Waals surface area contributed by atoms with Crippen molar-refractivity contribution in [2.45, 2.75) is 32.0 Å². The molecule has 0 aromatic carbocycles. The van der Waals surface area contributed by atoms with E-state index in [0.29, 0.717) is 44.4 Å². The summed E-state index contributed by atoms with van der Waals surface area (Å²) in [5.41, 5.74) is 0. The fourth-order valence-corrected chi connectivity index (χ4v) is 3.31. The quantitative estimate of drug-likeness (QED) is 0.765. The summed E-state index contributed by atoms with van der Waals surface area (Å²) in [5.74, 6) is 1.47. The van der Waals surface area contributed by atoms with Gasteiger partial charge in [-0.2, -0.15) is 4.98 Å². The van der Waals surface area contributed by atoms with Crippen molar-refractivity contribution in [2.75, 3.05) is 46.9 Å². The second-order valence-corrected chi connectivity index (χ2v) is 6.60. The van der Waals surface area contributed by atoms with Crippen molar-refractivity contribution < 1.29 is 18.8 Å². The highest BCUT2D eigenvalue weighted by atomic mass is 16.5. The number of amides is 1. The van der Waals surface area contributed by atoms with Gasteiger partial charge in [0.15, 0.2) is 5.82 Å². The van der Waals surface area contributed by atoms with Crippen molar-refractivity contribution in [3.8, 4) is 0 Å². The van der Waals surface area contributed by atoms with Gasteiger partial charge in [0.1, 0.15) is 6.61 Å². The molecule has 8 heteroatoms. The van der Waals surface area contributed by atoms with Crippen LogP contribution < -0.4 is 0 Å². The van der Waals surface area contributed by atoms with Gasteiger partial charge >= 0.3 is 0 Å². The van der Waals surface area contributed by atoms with E-state index in [4.69, 9.17) is 14.0 Å². The number of hydrogen-bond acceptors (Lipinski definition) is 7. The first-order valence-electron chi connectivity index (χ1n) is 8.55. The van der Waals surface area contributed by atoms with Gasteiger partial charge in [0.25, 0.3) is 0 Å². The Labute approximate surface area is 142 Å². The third-order valence-electron chi connectivity index (χ3n) is 4.70. The summed E-state index contributed by atoms with van der Waals surface area (Å²) >= 11 is 0. The Hall–Kier alpha value is -1.51. The molecule has 2 saturated heterocycles. The van der Waals surface area contributed by atoms with Gasteiger partial charge < -0.3 is 23.8 Å². The standard InChI is InChI=1S/C16H26N4O4/c1-19-5-3-12(4-6-19)16(21)20-7-8-23-13(10-20)9-15-17-14(11-22-2)18-24-15/h12-13H,3-11H2,1-2H3/t13-/m1/s1. The largest absolute Gasteiger partial charge is 0.377 e. The molecule has 1 amide bonds. The average Bonchev–Trinajstić information content (AvgIpc) is 3.02. The number of hydrogen-bond donors (Lipinski definition) is 0. The molecule has 0 bridgehead atoms. The van der Waals surface area contributed by atoms with E-state index >= 15 is 0 Å². The molecule has 0 saturated carbocycles. The van der Waals surface area contributed by atoms with Crippen LogP contribution in [0.15, 0.2) is 4.52 Å². The van der Waals surface area contributed by atoms with Crippen LogP contribution in [-0.4, -0.2) is 78.9 Å². The molecule has 0 aliphatic carbocycles. The van der Waals surface area contributed by atoms with E-state index in [9.17, 15) is 4.79 Å². The molecule has 0 N–H and O–H groups in total. The highest BCUT2D eigenvalue weighted by Crippen LogP contribution is 2.21. The van der Waals surface area contributed by atoms with Crippen LogP contribution in [-0.2, 0) is 27.3 Å². The lowest BCUT2D eigenvalue weighted by atomic mass is 9.95. The second kappa shape index (κ2) is 8.04. The van der Waals surface area contributed by atoms with Gasteiger partial charge in [0.2, 0.25) is 11.8 Å². The van der Waals surface area contributed by atoms with Crippen LogP contribution in [0.1, 0.15) is 24.6 Å². The molecule has 1 atom stereocenters. The molecule has 24 heavy (non-hydrogen) atoms. The number of morpholine rings is 1. The minimum atomic E-state index is -0.0928. The van der Waals surface area contributed by atoms with Gasteiger partial charge in [0.05, 0.1) is 19.1 Å². The topological polar surface area (TPSA) is 80.9 Å². The van der Waals surface area contributed by atoms with E-state index < -0.39 is 0 Å². The summed E-state index contributed by atoms with van der Waals surface area (Å²) in [6.45, 7) is 4.13. The number of rotatable bonds is 5. The number of likely N-dealkylation sites (tertiary alicyclic amines) is 1. The molecule has 3 rings (SSSR count). The fraction of sp³-hybridized carbons (Fsp3) is 0.812. The smallest absolute Gasteiger partial charge is 0.229 e. The summed E-state index contributed by atoms with van der Waals surface area (Å²) in [6, 6.07) is 0. The van der Waals surface area contributed by atoms with Crippen LogP contribution in [0.3, 0.4) is 0 Å². The van der Waals surface area contributed by atoms with Gasteiger partial charge in [-0.15, -0.1) is 0 Å². The summed E-state index contributed by atoms with van der Waals surface area (Å²) in [7, 11) is 3.69.